The molecule has 2 N–H and O–H groups in total. The van der Waals surface area contributed by atoms with Crippen LogP contribution in [-0.2, 0) is 41.6 Å². The number of nitrogens with one attached hydrogen (secondary N) is 2. The number of hydrogen-bond acceptors (Lipinski definition) is 7. The van der Waals surface area contributed by atoms with Crippen molar-refractivity contribution >= 4 is 50.3 Å². The minimum absolute atomic E-state index is 0.00993. The van der Waals surface area contributed by atoms with Crippen LogP contribution in [0.15, 0.2) is 59.7 Å². The molecule has 1 aliphatic heterocycles. The zero-order valence-electron chi connectivity index (χ0n) is 32.1. The summed E-state index contributed by atoms with van der Waals surface area (Å²) in [6, 6.07) is 18.9. The maximum absolute atomic E-state index is 13.6. The molecule has 0 bridgehead atoms. The summed E-state index contributed by atoms with van der Waals surface area (Å²) in [4.78, 5) is 25.5. The fraction of sp³-hybridized carbons (Fsp3) is 0.553. The normalized spacial score (nSPS) is 14.9. The number of aryl methyl sites for hydroxylation is 1. The number of hydrazone groups is 1. The molecule has 1 unspecified atom stereocenters. The van der Waals surface area contributed by atoms with E-state index in [0.29, 0.717) is 31.1 Å². The average molecular weight is 829 g/mol. The van der Waals surface area contributed by atoms with Crippen molar-refractivity contribution in [1.82, 2.24) is 29.0 Å². The van der Waals surface area contributed by atoms with Crippen molar-refractivity contribution in [3.05, 3.63) is 88.0 Å². The summed E-state index contributed by atoms with van der Waals surface area (Å²) < 4.78 is 10.9. The van der Waals surface area contributed by atoms with Crippen molar-refractivity contribution in [2.75, 3.05) is 0 Å². The molecule has 0 saturated heterocycles. The third-order valence-corrected chi connectivity index (χ3v) is 19.6. The molecule has 50 heavy (non-hydrogen) atoms. The number of benzene rings is 2. The maximum atomic E-state index is 13.6. The number of imidazole rings is 1. The molecule has 2 aromatic carbocycles. The molecule has 1 aromatic heterocycles. The molecule has 1 aliphatic rings. The van der Waals surface area contributed by atoms with Crippen LogP contribution < -0.4 is 11.0 Å². The van der Waals surface area contributed by atoms with E-state index in [0.717, 1.165) is 60.6 Å². The van der Waals surface area contributed by atoms with Gasteiger partial charge in [0, 0.05) is 0 Å². The molecule has 0 fully saturated rings. The zero-order valence-corrected chi connectivity index (χ0v) is 36.7. The van der Waals surface area contributed by atoms with Crippen LogP contribution in [0.1, 0.15) is 88.5 Å². The Balaban J connectivity index is 1.45. The number of halogens is 1. The van der Waals surface area contributed by atoms with Crippen molar-refractivity contribution in [3.63, 3.8) is 0 Å². The van der Waals surface area contributed by atoms with E-state index in [-0.39, 0.29) is 16.9 Å². The molecule has 0 radical (unpaired) electrons. The Bertz CT molecular complexity index is 1580. The first-order valence-electron chi connectivity index (χ1n) is 18.3. The molecular weight excluding hydrogens is 769 g/mol. The van der Waals surface area contributed by atoms with Gasteiger partial charge in [0.05, 0.1) is 0 Å². The van der Waals surface area contributed by atoms with Crippen LogP contribution in [0.5, 0.6) is 0 Å². The van der Waals surface area contributed by atoms with Gasteiger partial charge in [0.2, 0.25) is 0 Å². The number of carbonyl (C=O) groups excluding carboxylic acids is 1. The van der Waals surface area contributed by atoms with Crippen molar-refractivity contribution in [1.29, 1.82) is 0 Å². The van der Waals surface area contributed by atoms with E-state index in [4.69, 9.17) is 26.1 Å². The molecular formula is C38H60ClN7O2SiSn. The van der Waals surface area contributed by atoms with Crippen LogP contribution in [0.25, 0.3) is 0 Å². The van der Waals surface area contributed by atoms with Gasteiger partial charge in [0.15, 0.2) is 8.32 Å². The van der Waals surface area contributed by atoms with Crippen LogP contribution in [0.4, 0.5) is 0 Å². The zero-order chi connectivity index (χ0) is 36.7. The first kappa shape index (κ1) is 40.4. The topological polar surface area (TPSA) is 87.0 Å². The van der Waals surface area contributed by atoms with Crippen LogP contribution in [-0.4, -0.2) is 56.7 Å². The molecule has 9 nitrogen and oxygen atoms in total. The Morgan fingerprint density at radius 1 is 1.00 bits per heavy atom. The summed E-state index contributed by atoms with van der Waals surface area (Å²) in [5.74, 6) is 1.82. The summed E-state index contributed by atoms with van der Waals surface area (Å²) in [5, 5.41) is 7.24. The Morgan fingerprint density at radius 2 is 1.66 bits per heavy atom. The number of aromatic nitrogens is 2. The van der Waals surface area contributed by atoms with E-state index < -0.39 is 27.0 Å². The summed E-state index contributed by atoms with van der Waals surface area (Å²) in [6.45, 7) is 16.7. The Labute approximate surface area is 311 Å². The number of unbranched alkanes of at least 4 members (excludes halogenated alkanes) is 1. The molecule has 12 heteroatoms. The number of hydrazine groups is 3. The van der Waals surface area contributed by atoms with Gasteiger partial charge in [0.1, 0.15) is 0 Å². The van der Waals surface area contributed by atoms with Crippen molar-refractivity contribution in [2.24, 2.45) is 11.0 Å². The Morgan fingerprint density at radius 3 is 2.26 bits per heavy atom. The van der Waals surface area contributed by atoms with Gasteiger partial charge in [-0.2, -0.15) is 0 Å². The predicted octanol–water partition coefficient (Wildman–Crippen LogP) is 8.87. The molecule has 3 aromatic rings. The number of hydrogen-bond donors (Lipinski definition) is 2. The van der Waals surface area contributed by atoms with Crippen molar-refractivity contribution in [3.8, 4) is 0 Å². The molecule has 0 spiro atoms. The van der Waals surface area contributed by atoms with Gasteiger partial charge in [-0.1, -0.05) is 34.1 Å². The molecule has 0 aliphatic carbocycles. The van der Waals surface area contributed by atoms with E-state index in [1.54, 1.807) is 5.23 Å². The average Bonchev–Trinajstić information content (AvgIpc) is 3.59. The second-order valence-corrected chi connectivity index (χ2v) is 34.8. The molecule has 0 saturated carbocycles. The molecule has 1 amide bonds. The number of amides is 1. The van der Waals surface area contributed by atoms with Crippen LogP contribution in [0.2, 0.25) is 38.1 Å². The number of amidine groups is 1. The van der Waals surface area contributed by atoms with E-state index in [2.05, 4.69) is 118 Å². The summed E-state index contributed by atoms with van der Waals surface area (Å²) in [7, 11) is -1.94. The quantitative estimate of drug-likeness (QED) is 0.132. The molecule has 1 atom stereocenters. The summed E-state index contributed by atoms with van der Waals surface area (Å²) >= 11 is 4.17. The predicted molar refractivity (Wildman–Crippen MR) is 211 cm³/mol. The van der Waals surface area contributed by atoms with Crippen molar-refractivity contribution in [2.45, 2.75) is 126 Å². The number of nitrogens with zero attached hydrogens (tertiary/aromatic N) is 5. The first-order valence-corrected chi connectivity index (χ1v) is 31.4. The van der Waals surface area contributed by atoms with Crippen LogP contribution in [0, 0.1) is 5.92 Å². The van der Waals surface area contributed by atoms with Gasteiger partial charge < -0.3 is 4.43 Å². The second-order valence-electron chi connectivity index (χ2n) is 16.1. The first-order chi connectivity index (χ1) is 23.5. The third-order valence-electron chi connectivity index (χ3n) is 9.81. The fourth-order valence-electron chi connectivity index (χ4n) is 5.86. The SMILES string of the molecule is CCCCc1nc(CO[Si](C)(C)C(C)(C)C)c(Cl)n1Cc1ccc(CC2=NNN(NC(=O)C(CCC)Cc3ccccc3)[N]2[Sn]([CH3])([CH3])[CH3])cc1. The third kappa shape index (κ3) is 10.6. The van der Waals surface area contributed by atoms with Gasteiger partial charge in [-0.05, 0) is 18.1 Å². The standard InChI is InChI=1S/C35H52ClN7O2Si.3CH3.Sn/c1-8-10-17-32-37-30(25-45-46(6,7)35(3,4)5)33(36)42(32)24-28-20-18-27(19-21-28)23-31-38-41-43(39-31)40-34(44)29(14-9-2)22-26-15-12-11-13-16-26;;;;/h11-13,15-16,18-21,29,41H,8-10,14,17,22-25H2,1-7H3,(H2,38,39,40,44);3*1H3;/q;;;;+1/p-1. The van der Waals surface area contributed by atoms with Gasteiger partial charge in [-0.15, -0.1) is 0 Å². The summed E-state index contributed by atoms with van der Waals surface area (Å²) in [6.07, 6.45) is 6.17. The molecule has 4 rings (SSSR count). The number of carbonyl (C=O) groups is 1. The Kier molecular flexibility index (Phi) is 14.1. The fourth-order valence-corrected chi connectivity index (χ4v) is 11.6. The van der Waals surface area contributed by atoms with E-state index in [1.165, 1.54) is 5.56 Å². The van der Waals surface area contributed by atoms with Gasteiger partial charge in [-0.3, -0.25) is 0 Å². The molecule has 274 valence electrons. The minimum atomic E-state index is -2.84. The number of rotatable bonds is 17. The monoisotopic (exact) mass is 829 g/mol. The van der Waals surface area contributed by atoms with Gasteiger partial charge in [-0.25, -0.2) is 0 Å². The summed E-state index contributed by atoms with van der Waals surface area (Å²) in [5.41, 5.74) is 10.6. The van der Waals surface area contributed by atoms with Gasteiger partial charge >= 0.3 is 248 Å². The van der Waals surface area contributed by atoms with E-state index in [1.807, 2.05) is 18.2 Å². The van der Waals surface area contributed by atoms with Crippen LogP contribution in [0.3, 0.4) is 0 Å². The Hall–Kier alpha value is -2.38. The van der Waals surface area contributed by atoms with Crippen LogP contribution >= 0.6 is 11.6 Å². The second kappa shape index (κ2) is 17.4. The molecule has 2 heterocycles. The van der Waals surface area contributed by atoms with Crippen molar-refractivity contribution < 1.29 is 9.22 Å². The van der Waals surface area contributed by atoms with E-state index in [9.17, 15) is 4.79 Å². The van der Waals surface area contributed by atoms with Gasteiger partial charge in [0.25, 0.3) is 0 Å². The van der Waals surface area contributed by atoms with E-state index >= 15 is 0 Å².